The highest BCUT2D eigenvalue weighted by molar-refractivity contribution is 14.0. The Morgan fingerprint density at radius 1 is 0.809 bits per heavy atom. The van der Waals surface area contributed by atoms with Crippen molar-refractivity contribution in [1.29, 1.82) is 0 Å². The average molecular weight is 1070 g/mol. The summed E-state index contributed by atoms with van der Waals surface area (Å²) in [5.74, 6) is -2.67. The van der Waals surface area contributed by atoms with Gasteiger partial charge in [0.05, 0.1) is 16.6 Å². The van der Waals surface area contributed by atoms with Crippen LogP contribution in [0.4, 0.5) is 13.9 Å². The number of carbonyl (C=O) groups excluding carboxylic acids is 3. The zero-order chi connectivity index (χ0) is 46.5. The molecule has 1 aromatic heterocycles. The van der Waals surface area contributed by atoms with Crippen LogP contribution in [-0.4, -0.2) is 85.4 Å². The maximum Gasteiger partial charge on any atom is 0.407 e. The van der Waals surface area contributed by atoms with Crippen molar-refractivity contribution in [2.45, 2.75) is 55.5 Å². The van der Waals surface area contributed by atoms with Gasteiger partial charge in [0.1, 0.15) is 28.3 Å². The summed E-state index contributed by atoms with van der Waals surface area (Å²) in [6, 6.07) is 45.8. The highest BCUT2D eigenvalue weighted by Crippen LogP contribution is 2.42. The van der Waals surface area contributed by atoms with E-state index in [2.05, 4.69) is 30.5 Å². The van der Waals surface area contributed by atoms with Gasteiger partial charge in [-0.05, 0) is 66.2 Å². The van der Waals surface area contributed by atoms with Crippen LogP contribution in [0.3, 0.4) is 0 Å². The molecule has 4 atom stereocenters. The molecule has 9 rings (SSSR count). The number of benzene rings is 5. The first kappa shape index (κ1) is 48.3. The lowest BCUT2D eigenvalue weighted by Crippen LogP contribution is -2.74. The summed E-state index contributed by atoms with van der Waals surface area (Å²) < 4.78 is 47.9. The van der Waals surface area contributed by atoms with Crippen molar-refractivity contribution in [3.05, 3.63) is 202 Å². The fourth-order valence-electron chi connectivity index (χ4n) is 9.10. The second-order valence-electron chi connectivity index (χ2n) is 16.3. The van der Waals surface area contributed by atoms with Crippen LogP contribution in [-0.2, 0) is 40.3 Å². The van der Waals surface area contributed by atoms with E-state index < -0.39 is 64.0 Å². The highest BCUT2D eigenvalue weighted by atomic mass is 127. The van der Waals surface area contributed by atoms with Crippen molar-refractivity contribution in [1.82, 2.24) is 20.1 Å². The molecular formula is C51H47F2IN6O6S2. The number of nitrogens with one attached hydrogen (secondary N) is 2. The van der Waals surface area contributed by atoms with Crippen LogP contribution in [0.15, 0.2) is 173 Å². The Kier molecular flexibility index (Phi) is 15.2. The van der Waals surface area contributed by atoms with Crippen molar-refractivity contribution in [2.75, 3.05) is 24.2 Å². The number of hydrogen-bond donors (Lipinski definition) is 2. The van der Waals surface area contributed by atoms with Crippen LogP contribution in [0, 0.1) is 0 Å². The van der Waals surface area contributed by atoms with E-state index in [-0.39, 0.29) is 47.2 Å². The largest absolute Gasteiger partial charge is 0.448 e. The van der Waals surface area contributed by atoms with Gasteiger partial charge >= 0.3 is 12.6 Å². The van der Waals surface area contributed by atoms with Gasteiger partial charge in [0, 0.05) is 11.4 Å². The normalized spacial score (nSPS) is 18.9. The Labute approximate surface area is 415 Å². The number of β-lactam (4-membered cyclic amide) rings is 1. The SMILES string of the molecule is CC(C1=C(C(=O)OC(c2ccccc2)c2ccccc2)N2C(=O)C(NC(=O)C(=NOC(F)F)c3csc(NC(c4ccccc4)(c4ccccc4)c4ccccc4)n3)[C@H]2S(=O)C1)N1CCCC1.I. The van der Waals surface area contributed by atoms with E-state index in [9.17, 15) is 27.4 Å². The second-order valence-corrected chi connectivity index (χ2v) is 18.7. The molecule has 350 valence electrons. The predicted molar refractivity (Wildman–Crippen MR) is 268 cm³/mol. The Hall–Kier alpha value is -6.15. The van der Waals surface area contributed by atoms with Crippen LogP contribution < -0.4 is 10.6 Å². The molecule has 5 aromatic carbocycles. The van der Waals surface area contributed by atoms with Crippen LogP contribution >= 0.6 is 35.3 Å². The van der Waals surface area contributed by atoms with Gasteiger partial charge in [0.25, 0.3) is 11.8 Å². The standard InChI is InChI=1S/C51H46F2N6O6S2.HI/c1-33(58-29-17-18-30-58)39-32-67(63)47-42(46(61)59(47)43(39)48(62)64-44(34-19-7-2-8-20-34)35-21-9-3-10-22-35)55-45(60)41(57-65-49(52)53)40-31-66-50(54-40)56-51(36-23-11-4-12-24-36,37-25-13-5-14-26-37)38-27-15-6-16-28-38;/h2-16,19-28,31,33,42,44,47,49H,17-18,29-30,32H2,1H3,(H,54,56)(H,55,60);1H/t33?,42?,47-,67?;/m1./s1. The molecule has 2 saturated heterocycles. The molecule has 4 heterocycles. The molecule has 3 aliphatic heterocycles. The minimum atomic E-state index is -3.39. The lowest BCUT2D eigenvalue weighted by atomic mass is 9.77. The number of amides is 2. The third kappa shape index (κ3) is 9.74. The Bertz CT molecular complexity index is 2670. The third-order valence-electron chi connectivity index (χ3n) is 12.4. The van der Waals surface area contributed by atoms with Gasteiger partial charge in [-0.15, -0.1) is 35.3 Å². The molecule has 17 heteroatoms. The number of nitrogens with zero attached hydrogens (tertiary/aromatic N) is 4. The number of carbonyl (C=O) groups is 3. The number of anilines is 1. The summed E-state index contributed by atoms with van der Waals surface area (Å²) >= 11 is 1.10. The molecule has 2 fully saturated rings. The molecule has 3 unspecified atom stereocenters. The van der Waals surface area contributed by atoms with Gasteiger partial charge in [-0.25, -0.2) is 9.78 Å². The first-order chi connectivity index (χ1) is 32.6. The fourth-order valence-corrected chi connectivity index (χ4v) is 11.6. The molecule has 0 radical (unpaired) electrons. The molecule has 68 heavy (non-hydrogen) atoms. The molecule has 3 aliphatic rings. The molecule has 0 bridgehead atoms. The Morgan fingerprint density at radius 3 is 1.81 bits per heavy atom. The van der Waals surface area contributed by atoms with Gasteiger partial charge in [0.2, 0.25) is 0 Å². The minimum Gasteiger partial charge on any atom is -0.448 e. The van der Waals surface area contributed by atoms with E-state index in [4.69, 9.17) is 4.74 Å². The number of esters is 1. The topological polar surface area (TPSA) is 143 Å². The fraction of sp³-hybridized carbons (Fsp3) is 0.235. The second kappa shape index (κ2) is 21.4. The first-order valence-corrected chi connectivity index (χ1v) is 24.1. The number of ether oxygens (including phenoxy) is 1. The number of oxime groups is 1. The number of likely N-dealkylation sites (tertiary alicyclic amines) is 1. The molecule has 0 aliphatic carbocycles. The van der Waals surface area contributed by atoms with Gasteiger partial charge in [-0.1, -0.05) is 157 Å². The van der Waals surface area contributed by atoms with Gasteiger partial charge < -0.3 is 20.2 Å². The van der Waals surface area contributed by atoms with Crippen molar-refractivity contribution in [3.63, 3.8) is 0 Å². The summed E-state index contributed by atoms with van der Waals surface area (Å²) in [6.07, 6.45) is 1.06. The molecule has 2 N–H and O–H groups in total. The number of fused-ring (bicyclic) bond motifs is 1. The number of halogens is 3. The number of thiazole rings is 1. The molecule has 6 aromatic rings. The monoisotopic (exact) mass is 1070 g/mol. The highest BCUT2D eigenvalue weighted by Gasteiger charge is 2.58. The number of alkyl halides is 2. The zero-order valence-electron chi connectivity index (χ0n) is 36.7. The van der Waals surface area contributed by atoms with Gasteiger partial charge in [-0.2, -0.15) is 8.78 Å². The smallest absolute Gasteiger partial charge is 0.407 e. The van der Waals surface area contributed by atoms with E-state index in [0.717, 1.165) is 58.9 Å². The van der Waals surface area contributed by atoms with Crippen molar-refractivity contribution in [2.24, 2.45) is 5.16 Å². The van der Waals surface area contributed by atoms with E-state index >= 15 is 0 Å². The zero-order valence-corrected chi connectivity index (χ0v) is 40.6. The maximum atomic E-state index is 14.7. The van der Waals surface area contributed by atoms with Crippen molar-refractivity contribution in [3.8, 4) is 0 Å². The molecule has 0 spiro atoms. The quantitative estimate of drug-likeness (QED) is 0.0244. The summed E-state index contributed by atoms with van der Waals surface area (Å²) in [5, 5.41) is 10.3. The Balaban J connectivity index is 0.00000625. The van der Waals surface area contributed by atoms with Gasteiger partial charge in [0.15, 0.2) is 16.9 Å². The van der Waals surface area contributed by atoms with E-state index in [0.29, 0.717) is 21.8 Å². The van der Waals surface area contributed by atoms with Crippen LogP contribution in [0.25, 0.3) is 0 Å². The minimum absolute atomic E-state index is 0. The van der Waals surface area contributed by atoms with Crippen LogP contribution in [0.1, 0.15) is 59.4 Å². The summed E-state index contributed by atoms with van der Waals surface area (Å²) in [6.45, 7) is 0.0503. The van der Waals surface area contributed by atoms with Gasteiger partial charge in [-0.3, -0.25) is 23.6 Å². The van der Waals surface area contributed by atoms with Crippen LogP contribution in [0.5, 0.6) is 0 Å². The van der Waals surface area contributed by atoms with Crippen molar-refractivity contribution >= 4 is 74.7 Å². The first-order valence-electron chi connectivity index (χ1n) is 21.9. The number of hydrogen-bond acceptors (Lipinski definition) is 11. The molecule has 12 nitrogen and oxygen atoms in total. The Morgan fingerprint density at radius 2 is 1.31 bits per heavy atom. The lowest BCUT2D eigenvalue weighted by Gasteiger charge is -2.50. The number of rotatable bonds is 16. The van der Waals surface area contributed by atoms with Crippen molar-refractivity contribution < 1.29 is 36.9 Å². The molecule has 2 amide bonds. The summed E-state index contributed by atoms with van der Waals surface area (Å²) in [4.78, 5) is 55.7. The average Bonchev–Trinajstić information content (AvgIpc) is 4.08. The summed E-state index contributed by atoms with van der Waals surface area (Å²) in [7, 11) is -1.82. The predicted octanol–water partition coefficient (Wildman–Crippen LogP) is 8.60. The molecule has 0 saturated carbocycles. The summed E-state index contributed by atoms with van der Waals surface area (Å²) in [5.41, 5.74) is 2.71. The van der Waals surface area contributed by atoms with Crippen LogP contribution in [0.2, 0.25) is 0 Å². The lowest BCUT2D eigenvalue weighted by molar-refractivity contribution is -0.154. The third-order valence-corrected chi connectivity index (χ3v) is 14.7. The van der Waals surface area contributed by atoms with E-state index in [1.54, 1.807) is 0 Å². The maximum absolute atomic E-state index is 14.7. The molecular weight excluding hydrogens is 1020 g/mol. The van der Waals surface area contributed by atoms with E-state index in [1.165, 1.54) is 5.38 Å². The number of aromatic nitrogens is 1. The van der Waals surface area contributed by atoms with E-state index in [1.807, 2.05) is 159 Å².